The molecule has 1 spiro atoms. The highest BCUT2D eigenvalue weighted by Crippen LogP contribution is 2.85. The van der Waals surface area contributed by atoms with Crippen molar-refractivity contribution in [3.8, 4) is 0 Å². The minimum Gasteiger partial charge on any atom is -0.460 e. The van der Waals surface area contributed by atoms with Gasteiger partial charge in [0.05, 0.1) is 25.4 Å². The molecule has 2 heterocycles. The minimum absolute atomic E-state index is 0.0153. The second-order valence-corrected chi connectivity index (χ2v) is 15.4. The zero-order valence-corrected chi connectivity index (χ0v) is 26.5. The van der Waals surface area contributed by atoms with E-state index in [-0.39, 0.29) is 55.1 Å². The van der Waals surface area contributed by atoms with Gasteiger partial charge >= 0.3 is 5.97 Å². The Morgan fingerprint density at radius 1 is 1.05 bits per heavy atom. The molecule has 2 N–H and O–H groups in total. The lowest BCUT2D eigenvalue weighted by atomic mass is 9.40. The van der Waals surface area contributed by atoms with E-state index in [1.165, 1.54) is 32.1 Å². The molecule has 2 saturated heterocycles. The summed E-state index contributed by atoms with van der Waals surface area (Å²) in [5.41, 5.74) is -0.335. The summed E-state index contributed by atoms with van der Waals surface area (Å²) in [6.45, 7) is 9.59. The molecule has 1 aromatic rings. The van der Waals surface area contributed by atoms with Crippen LogP contribution in [0.2, 0.25) is 0 Å². The summed E-state index contributed by atoms with van der Waals surface area (Å²) in [6.07, 6.45) is 9.53. The van der Waals surface area contributed by atoms with Crippen molar-refractivity contribution in [2.24, 2.45) is 57.7 Å². The number of ether oxygens (including phenoxy) is 3. The quantitative estimate of drug-likeness (QED) is 0.286. The van der Waals surface area contributed by atoms with Gasteiger partial charge in [0.15, 0.2) is 6.29 Å². The van der Waals surface area contributed by atoms with Crippen molar-refractivity contribution < 1.29 is 29.2 Å². The summed E-state index contributed by atoms with van der Waals surface area (Å²) in [5, 5.41) is 22.8. The molecular formula is C37H52O6. The smallest absolute Gasteiger partial charge is 0.318 e. The van der Waals surface area contributed by atoms with E-state index >= 15 is 4.79 Å². The van der Waals surface area contributed by atoms with Crippen molar-refractivity contribution in [3.63, 3.8) is 0 Å². The molecule has 5 bridgehead atoms. The number of carbonyl (C=O) groups is 1. The van der Waals surface area contributed by atoms with Crippen LogP contribution in [0.15, 0.2) is 42.0 Å². The molecule has 3 saturated carbocycles. The van der Waals surface area contributed by atoms with E-state index in [9.17, 15) is 10.2 Å². The lowest BCUT2D eigenvalue weighted by Crippen LogP contribution is -2.68. The Morgan fingerprint density at radius 2 is 1.79 bits per heavy atom. The highest BCUT2D eigenvalue weighted by molar-refractivity contribution is 5.87. The molecule has 6 nitrogen and oxygen atoms in total. The molecule has 7 rings (SSSR count). The Labute approximate surface area is 257 Å². The molecule has 5 fully saturated rings. The monoisotopic (exact) mass is 592 g/mol. The Kier molecular flexibility index (Phi) is 7.64. The first kappa shape index (κ1) is 30.0. The third-order valence-corrected chi connectivity index (χ3v) is 13.6. The summed E-state index contributed by atoms with van der Waals surface area (Å²) in [4.78, 5) is 15.3. The molecule has 0 amide bonds. The maximum atomic E-state index is 15.3. The molecule has 236 valence electrons. The van der Waals surface area contributed by atoms with Gasteiger partial charge in [0.1, 0.15) is 12.0 Å². The fourth-order valence-corrected chi connectivity index (χ4v) is 11.9. The van der Waals surface area contributed by atoms with Gasteiger partial charge in [-0.2, -0.15) is 0 Å². The molecule has 0 radical (unpaired) electrons. The number of esters is 1. The normalized spacial score (nSPS) is 45.7. The molecule has 43 heavy (non-hydrogen) atoms. The van der Waals surface area contributed by atoms with Crippen molar-refractivity contribution in [3.05, 3.63) is 47.5 Å². The number of aliphatic hydroxyl groups is 2. The minimum atomic E-state index is -1.06. The predicted molar refractivity (Wildman–Crippen MR) is 163 cm³/mol. The fourth-order valence-electron chi connectivity index (χ4n) is 11.9. The van der Waals surface area contributed by atoms with E-state index in [1.807, 2.05) is 30.3 Å². The van der Waals surface area contributed by atoms with Crippen LogP contribution in [0.25, 0.3) is 0 Å². The Bertz CT molecular complexity index is 1220. The molecule has 1 aromatic carbocycles. The van der Waals surface area contributed by atoms with Crippen LogP contribution < -0.4 is 0 Å². The van der Waals surface area contributed by atoms with Gasteiger partial charge in [-0.3, -0.25) is 4.79 Å². The molecule has 0 aromatic heterocycles. The average Bonchev–Trinajstić information content (AvgIpc) is 3.64. The van der Waals surface area contributed by atoms with E-state index < -0.39 is 22.5 Å². The summed E-state index contributed by atoms with van der Waals surface area (Å²) < 4.78 is 19.9. The lowest BCUT2D eigenvalue weighted by Gasteiger charge is -2.62. The fraction of sp³-hybridized carbons (Fsp3) is 0.757. The third-order valence-electron chi connectivity index (χ3n) is 13.6. The molecule has 6 aliphatic rings. The Morgan fingerprint density at radius 3 is 2.49 bits per heavy atom. The van der Waals surface area contributed by atoms with Gasteiger partial charge in [0.2, 0.25) is 0 Å². The second-order valence-electron chi connectivity index (χ2n) is 15.4. The highest BCUT2D eigenvalue weighted by atomic mass is 16.6. The molecule has 11 atom stereocenters. The van der Waals surface area contributed by atoms with Crippen LogP contribution in [0.4, 0.5) is 0 Å². The van der Waals surface area contributed by atoms with E-state index in [0.29, 0.717) is 30.8 Å². The number of aliphatic hydroxyl groups excluding tert-OH is 2. The SMILES string of the molecule is CC(C)C1=CC2CC34C(O)OC[C@@H](C)[C@@H](CC2(C2CC(C5CCCCC5)C(CO)O2)C13C(=O)OCc1ccccc1)[C@H]4C. The van der Waals surface area contributed by atoms with Crippen LogP contribution in [-0.2, 0) is 25.6 Å². The van der Waals surface area contributed by atoms with Gasteiger partial charge in [-0.25, -0.2) is 0 Å². The second kappa shape index (κ2) is 11.0. The highest BCUT2D eigenvalue weighted by Gasteiger charge is 2.87. The number of hydrogen-bond donors (Lipinski definition) is 2. The van der Waals surface area contributed by atoms with Crippen LogP contribution in [-0.4, -0.2) is 47.9 Å². The van der Waals surface area contributed by atoms with Crippen molar-refractivity contribution in [2.75, 3.05) is 13.2 Å². The van der Waals surface area contributed by atoms with Gasteiger partial charge in [-0.15, -0.1) is 0 Å². The van der Waals surface area contributed by atoms with Crippen molar-refractivity contribution in [1.82, 2.24) is 0 Å². The molecule has 4 aliphatic carbocycles. The summed E-state index contributed by atoms with van der Waals surface area (Å²) in [5.74, 6) is 1.44. The zero-order chi connectivity index (χ0) is 30.1. The van der Waals surface area contributed by atoms with Crippen LogP contribution in [0.3, 0.4) is 0 Å². The molecule has 6 heteroatoms. The van der Waals surface area contributed by atoms with Gasteiger partial charge in [0.25, 0.3) is 0 Å². The Balaban J connectivity index is 1.39. The zero-order valence-electron chi connectivity index (χ0n) is 26.5. The number of fused-ring (bicyclic) bond motifs is 1. The van der Waals surface area contributed by atoms with E-state index in [1.54, 1.807) is 0 Å². The van der Waals surface area contributed by atoms with Gasteiger partial charge < -0.3 is 24.4 Å². The van der Waals surface area contributed by atoms with E-state index in [2.05, 4.69) is 33.8 Å². The van der Waals surface area contributed by atoms with Gasteiger partial charge in [-0.1, -0.05) is 102 Å². The first-order valence-corrected chi connectivity index (χ1v) is 17.2. The summed E-state index contributed by atoms with van der Waals surface area (Å²) in [6, 6.07) is 9.91. The van der Waals surface area contributed by atoms with Crippen molar-refractivity contribution in [2.45, 2.75) is 104 Å². The number of rotatable bonds is 7. The first-order chi connectivity index (χ1) is 20.7. The number of carbonyl (C=O) groups excluding carboxylic acids is 1. The standard InChI is InChI=1S/C37H52O6/c1-22(2)30-15-27-17-35-24(4)29(23(3)20-41-33(35)39)18-36(27,37(30,35)34(40)42-21-25-11-7-5-8-12-25)32-16-28(31(19-38)43-32)26-13-9-6-10-14-26/h5,7-8,11-12,15,22-24,26-29,31-33,38-39H,6,9-10,13-14,16-21H2,1-4H3/t23-,24-,27?,28?,29-,31?,32?,33?,35?,36?,37?/m1/s1. The van der Waals surface area contributed by atoms with Crippen LogP contribution in [0, 0.1) is 57.7 Å². The topological polar surface area (TPSA) is 85.2 Å². The van der Waals surface area contributed by atoms with Crippen LogP contribution in [0.5, 0.6) is 0 Å². The van der Waals surface area contributed by atoms with Crippen LogP contribution >= 0.6 is 0 Å². The number of benzene rings is 1. The number of allylic oxidation sites excluding steroid dienone is 1. The molecular weight excluding hydrogens is 540 g/mol. The first-order valence-electron chi connectivity index (χ1n) is 17.2. The lowest BCUT2D eigenvalue weighted by molar-refractivity contribution is -0.256. The molecule has 8 unspecified atom stereocenters. The third kappa shape index (κ3) is 3.95. The molecule has 2 aliphatic heterocycles. The number of hydrogen-bond acceptors (Lipinski definition) is 6. The maximum absolute atomic E-state index is 15.3. The van der Waals surface area contributed by atoms with Crippen molar-refractivity contribution >= 4 is 5.97 Å². The van der Waals surface area contributed by atoms with Crippen LogP contribution in [0.1, 0.15) is 84.6 Å². The summed E-state index contributed by atoms with van der Waals surface area (Å²) >= 11 is 0. The predicted octanol–water partition coefficient (Wildman–Crippen LogP) is 6.29. The summed E-state index contributed by atoms with van der Waals surface area (Å²) in [7, 11) is 0. The van der Waals surface area contributed by atoms with Gasteiger partial charge in [0, 0.05) is 10.8 Å². The van der Waals surface area contributed by atoms with Gasteiger partial charge in [-0.05, 0) is 66.3 Å². The van der Waals surface area contributed by atoms with E-state index in [4.69, 9.17) is 14.2 Å². The average molecular weight is 593 g/mol. The van der Waals surface area contributed by atoms with Crippen molar-refractivity contribution in [1.29, 1.82) is 0 Å². The largest absolute Gasteiger partial charge is 0.460 e. The van der Waals surface area contributed by atoms with E-state index in [0.717, 1.165) is 24.0 Å². The Hall–Kier alpha value is -1.73. The maximum Gasteiger partial charge on any atom is 0.318 e.